The Labute approximate surface area is 117 Å². The molecule has 1 aromatic carbocycles. The first-order chi connectivity index (χ1) is 8.75. The highest BCUT2D eigenvalue weighted by Gasteiger charge is 2.29. The van der Waals surface area contributed by atoms with Gasteiger partial charge in [0.1, 0.15) is 0 Å². The van der Waals surface area contributed by atoms with E-state index in [1.165, 1.54) is 46.0 Å². The van der Waals surface area contributed by atoms with Crippen molar-refractivity contribution < 1.29 is 0 Å². The number of rotatable bonds is 2. The summed E-state index contributed by atoms with van der Waals surface area (Å²) in [5, 5.41) is 0. The predicted octanol–water partition coefficient (Wildman–Crippen LogP) is 5.21. The summed E-state index contributed by atoms with van der Waals surface area (Å²) in [5.74, 6) is 0.583. The molecule has 0 nitrogen and oxygen atoms in total. The lowest BCUT2D eigenvalue weighted by Gasteiger charge is -2.12. The van der Waals surface area contributed by atoms with Gasteiger partial charge in [-0.15, -0.1) is 0 Å². The third kappa shape index (κ3) is 2.12. The number of fused-ring (bicyclic) bond motifs is 1. The third-order valence-corrected chi connectivity index (χ3v) is 4.75. The molecule has 0 bridgehead atoms. The first kappa shape index (κ1) is 12.0. The van der Waals surface area contributed by atoms with Crippen LogP contribution in [0.25, 0.3) is 0 Å². The molecule has 0 aromatic heterocycles. The van der Waals surface area contributed by atoms with E-state index in [0.717, 1.165) is 6.42 Å². The van der Waals surface area contributed by atoms with Gasteiger partial charge in [0.05, 0.1) is 0 Å². The maximum Gasteiger partial charge on any atom is 0.0207 e. The van der Waals surface area contributed by atoms with Gasteiger partial charge in [-0.05, 0) is 60.0 Å². The Bertz CT molecular complexity index is 548. The van der Waals surface area contributed by atoms with E-state index in [1.54, 1.807) is 0 Å². The SMILES string of the molecule is C=C1C2=CCCC=C2CC1Cc1ccccc1Br. The van der Waals surface area contributed by atoms with Crippen molar-refractivity contribution in [3.8, 4) is 0 Å². The van der Waals surface area contributed by atoms with Crippen molar-refractivity contribution in [1.82, 2.24) is 0 Å². The standard InChI is InChI=1S/C17H17Br/c1-12-15(10-13-6-2-4-8-16(12)13)11-14-7-3-5-9-17(14)18/h3,5-9,15H,1-2,4,10-11H2. The number of hydrogen-bond donors (Lipinski definition) is 0. The van der Waals surface area contributed by atoms with E-state index >= 15 is 0 Å². The number of hydrogen-bond acceptors (Lipinski definition) is 0. The Hall–Kier alpha value is -1.08. The minimum atomic E-state index is 0.583. The summed E-state index contributed by atoms with van der Waals surface area (Å²) in [6.07, 6.45) is 9.42. The maximum absolute atomic E-state index is 4.32. The second-order valence-corrected chi connectivity index (χ2v) is 6.00. The van der Waals surface area contributed by atoms with Crippen molar-refractivity contribution in [2.75, 3.05) is 0 Å². The van der Waals surface area contributed by atoms with E-state index in [0.29, 0.717) is 5.92 Å². The zero-order chi connectivity index (χ0) is 12.5. The molecule has 1 fully saturated rings. The molecule has 0 aliphatic heterocycles. The second-order valence-electron chi connectivity index (χ2n) is 5.15. The molecular weight excluding hydrogens is 284 g/mol. The van der Waals surface area contributed by atoms with Crippen molar-refractivity contribution in [2.24, 2.45) is 5.92 Å². The van der Waals surface area contributed by atoms with Gasteiger partial charge in [0.15, 0.2) is 0 Å². The molecule has 2 aliphatic carbocycles. The lowest BCUT2D eigenvalue weighted by molar-refractivity contribution is 0.655. The number of halogens is 1. The van der Waals surface area contributed by atoms with Gasteiger partial charge in [0, 0.05) is 4.47 Å². The third-order valence-electron chi connectivity index (χ3n) is 3.98. The first-order valence-electron chi connectivity index (χ1n) is 6.58. The smallest absolute Gasteiger partial charge is 0.0207 e. The summed E-state index contributed by atoms with van der Waals surface area (Å²) in [7, 11) is 0. The highest BCUT2D eigenvalue weighted by atomic mass is 79.9. The molecule has 92 valence electrons. The van der Waals surface area contributed by atoms with Crippen LogP contribution in [0.4, 0.5) is 0 Å². The van der Waals surface area contributed by atoms with Gasteiger partial charge >= 0.3 is 0 Å². The van der Waals surface area contributed by atoms with Gasteiger partial charge in [-0.1, -0.05) is 52.9 Å². The number of allylic oxidation sites excluding steroid dienone is 5. The van der Waals surface area contributed by atoms with Crippen LogP contribution >= 0.6 is 15.9 Å². The first-order valence-corrected chi connectivity index (χ1v) is 7.37. The molecule has 18 heavy (non-hydrogen) atoms. The van der Waals surface area contributed by atoms with E-state index < -0.39 is 0 Å². The van der Waals surface area contributed by atoms with E-state index in [9.17, 15) is 0 Å². The van der Waals surface area contributed by atoms with E-state index in [2.05, 4.69) is 58.9 Å². The van der Waals surface area contributed by atoms with Crippen LogP contribution < -0.4 is 0 Å². The van der Waals surface area contributed by atoms with Gasteiger partial charge in [-0.3, -0.25) is 0 Å². The Morgan fingerprint density at radius 2 is 1.94 bits per heavy atom. The van der Waals surface area contributed by atoms with Gasteiger partial charge in [-0.25, -0.2) is 0 Å². The molecule has 0 radical (unpaired) electrons. The summed E-state index contributed by atoms with van der Waals surface area (Å²) in [6, 6.07) is 8.52. The fourth-order valence-corrected chi connectivity index (χ4v) is 3.44. The molecule has 0 spiro atoms. The second kappa shape index (κ2) is 4.89. The molecule has 2 aliphatic rings. The quantitative estimate of drug-likeness (QED) is 0.703. The Morgan fingerprint density at radius 3 is 2.72 bits per heavy atom. The average molecular weight is 301 g/mol. The van der Waals surface area contributed by atoms with E-state index in [1.807, 2.05) is 0 Å². The Kier molecular flexibility index (Phi) is 3.25. The van der Waals surface area contributed by atoms with Crippen LogP contribution in [0.1, 0.15) is 24.8 Å². The number of benzene rings is 1. The van der Waals surface area contributed by atoms with Gasteiger partial charge in [0.25, 0.3) is 0 Å². The van der Waals surface area contributed by atoms with Crippen LogP contribution in [0.2, 0.25) is 0 Å². The fourth-order valence-electron chi connectivity index (χ4n) is 2.99. The predicted molar refractivity (Wildman–Crippen MR) is 80.5 cm³/mol. The largest absolute Gasteiger partial charge is 0.0949 e. The minimum absolute atomic E-state index is 0.583. The Morgan fingerprint density at radius 1 is 1.17 bits per heavy atom. The zero-order valence-electron chi connectivity index (χ0n) is 10.5. The monoisotopic (exact) mass is 300 g/mol. The van der Waals surface area contributed by atoms with Gasteiger partial charge < -0.3 is 0 Å². The fraction of sp³-hybridized carbons (Fsp3) is 0.294. The molecule has 3 rings (SSSR count). The summed E-state index contributed by atoms with van der Waals surface area (Å²) in [4.78, 5) is 0. The topological polar surface area (TPSA) is 0 Å². The minimum Gasteiger partial charge on any atom is -0.0949 e. The molecule has 1 aromatic rings. The molecule has 0 amide bonds. The summed E-state index contributed by atoms with van der Waals surface area (Å²) >= 11 is 3.64. The van der Waals surface area contributed by atoms with E-state index in [-0.39, 0.29) is 0 Å². The Balaban J connectivity index is 1.83. The molecule has 0 N–H and O–H groups in total. The van der Waals surface area contributed by atoms with Crippen LogP contribution in [-0.4, -0.2) is 0 Å². The highest BCUT2D eigenvalue weighted by molar-refractivity contribution is 9.10. The summed E-state index contributed by atoms with van der Waals surface area (Å²) in [6.45, 7) is 4.32. The summed E-state index contributed by atoms with van der Waals surface area (Å²) < 4.78 is 1.22. The average Bonchev–Trinajstić information content (AvgIpc) is 2.70. The van der Waals surface area contributed by atoms with Gasteiger partial charge in [-0.2, -0.15) is 0 Å². The molecule has 1 unspecified atom stereocenters. The van der Waals surface area contributed by atoms with Crippen molar-refractivity contribution in [1.29, 1.82) is 0 Å². The highest BCUT2D eigenvalue weighted by Crippen LogP contribution is 2.43. The maximum atomic E-state index is 4.32. The molecule has 1 heteroatoms. The lowest BCUT2D eigenvalue weighted by atomic mass is 9.94. The van der Waals surface area contributed by atoms with Crippen LogP contribution in [0.5, 0.6) is 0 Å². The van der Waals surface area contributed by atoms with Crippen molar-refractivity contribution >= 4 is 15.9 Å². The molecule has 0 heterocycles. The lowest BCUT2D eigenvalue weighted by Crippen LogP contribution is -2.02. The van der Waals surface area contributed by atoms with Crippen LogP contribution in [0.3, 0.4) is 0 Å². The van der Waals surface area contributed by atoms with E-state index in [4.69, 9.17) is 0 Å². The summed E-state index contributed by atoms with van der Waals surface area (Å²) in [5.41, 5.74) is 5.71. The van der Waals surface area contributed by atoms with Crippen molar-refractivity contribution in [2.45, 2.75) is 25.7 Å². The van der Waals surface area contributed by atoms with Crippen molar-refractivity contribution in [3.05, 3.63) is 69.8 Å². The molecular formula is C17H17Br. The van der Waals surface area contributed by atoms with Crippen LogP contribution in [0, 0.1) is 5.92 Å². The van der Waals surface area contributed by atoms with Crippen molar-refractivity contribution in [3.63, 3.8) is 0 Å². The van der Waals surface area contributed by atoms with Crippen LogP contribution in [-0.2, 0) is 6.42 Å². The van der Waals surface area contributed by atoms with Gasteiger partial charge in [0.2, 0.25) is 0 Å². The molecule has 1 atom stereocenters. The normalized spacial score (nSPS) is 22.5. The molecule has 1 saturated carbocycles. The van der Waals surface area contributed by atoms with Crippen LogP contribution in [0.15, 0.2) is 64.2 Å². The zero-order valence-corrected chi connectivity index (χ0v) is 12.0. The molecule has 0 saturated heterocycles.